The summed E-state index contributed by atoms with van der Waals surface area (Å²) < 4.78 is 1.66. The number of carbonyl (C=O) groups excluding carboxylic acids is 1. The largest absolute Gasteiger partial charge is 0.306 e. The molecule has 5 heteroatoms. The number of rotatable bonds is 4. The fourth-order valence-corrected chi connectivity index (χ4v) is 2.73. The van der Waals surface area contributed by atoms with E-state index in [4.69, 9.17) is 0 Å². The molecule has 0 bridgehead atoms. The Bertz CT molecular complexity index is 1050. The quantitative estimate of drug-likeness (QED) is 0.558. The fraction of sp³-hybridized carbons (Fsp3) is 0.136. The lowest BCUT2D eigenvalue weighted by molar-refractivity contribution is -0.112. The zero-order chi connectivity index (χ0) is 19.4. The average Bonchev–Trinajstić information content (AvgIpc) is 3.00. The van der Waals surface area contributed by atoms with Crippen molar-refractivity contribution in [2.24, 2.45) is 0 Å². The van der Waals surface area contributed by atoms with E-state index in [1.54, 1.807) is 16.8 Å². The van der Waals surface area contributed by atoms with E-state index in [1.807, 2.05) is 75.4 Å². The van der Waals surface area contributed by atoms with Gasteiger partial charge in [0.2, 0.25) is 0 Å². The Morgan fingerprint density at radius 1 is 1.07 bits per heavy atom. The highest BCUT2D eigenvalue weighted by atomic mass is 16.1. The summed E-state index contributed by atoms with van der Waals surface area (Å²) in [7, 11) is 0. The van der Waals surface area contributed by atoms with Gasteiger partial charge in [-0.1, -0.05) is 47.5 Å². The second-order valence-electron chi connectivity index (χ2n) is 6.46. The maximum atomic E-state index is 12.6. The summed E-state index contributed by atoms with van der Waals surface area (Å²) in [5, 5.41) is 16.7. The molecule has 2 aromatic carbocycles. The van der Waals surface area contributed by atoms with Gasteiger partial charge in [-0.3, -0.25) is 4.79 Å². The molecule has 1 N–H and O–H groups in total. The van der Waals surface area contributed by atoms with Gasteiger partial charge in [-0.15, -0.1) is 0 Å². The molecule has 0 spiro atoms. The molecule has 1 aromatic heterocycles. The number of anilines is 1. The van der Waals surface area contributed by atoms with Crippen LogP contribution in [-0.4, -0.2) is 15.7 Å². The molecule has 0 fully saturated rings. The number of hydrogen-bond acceptors (Lipinski definition) is 3. The van der Waals surface area contributed by atoms with Crippen molar-refractivity contribution in [3.8, 4) is 11.8 Å². The van der Waals surface area contributed by atoms with Crippen LogP contribution in [0, 0.1) is 32.1 Å². The van der Waals surface area contributed by atoms with Crippen molar-refractivity contribution in [3.05, 3.63) is 82.6 Å². The van der Waals surface area contributed by atoms with Crippen LogP contribution in [0.25, 0.3) is 11.8 Å². The summed E-state index contributed by atoms with van der Waals surface area (Å²) in [6.45, 7) is 5.83. The first-order valence-electron chi connectivity index (χ1n) is 8.60. The minimum atomic E-state index is -0.465. The first-order chi connectivity index (χ1) is 13.0. The van der Waals surface area contributed by atoms with Crippen LogP contribution in [0.2, 0.25) is 0 Å². The van der Waals surface area contributed by atoms with Crippen molar-refractivity contribution in [1.29, 1.82) is 5.26 Å². The minimum absolute atomic E-state index is 0.0370. The summed E-state index contributed by atoms with van der Waals surface area (Å²) in [5.41, 5.74) is 4.66. The smallest absolute Gasteiger partial charge is 0.267 e. The Balaban J connectivity index is 1.89. The maximum Gasteiger partial charge on any atom is 0.267 e. The van der Waals surface area contributed by atoms with E-state index in [0.717, 1.165) is 28.1 Å². The van der Waals surface area contributed by atoms with E-state index in [-0.39, 0.29) is 5.57 Å². The van der Waals surface area contributed by atoms with Crippen LogP contribution in [0.3, 0.4) is 0 Å². The zero-order valence-electron chi connectivity index (χ0n) is 15.5. The molecule has 27 heavy (non-hydrogen) atoms. The molecule has 1 amide bonds. The number of aryl methyl sites for hydroxylation is 3. The van der Waals surface area contributed by atoms with Crippen LogP contribution >= 0.6 is 0 Å². The number of carbonyl (C=O) groups is 1. The highest BCUT2D eigenvalue weighted by Gasteiger charge is 2.14. The molecule has 1 heterocycles. The van der Waals surface area contributed by atoms with Crippen molar-refractivity contribution in [3.63, 3.8) is 0 Å². The van der Waals surface area contributed by atoms with Gasteiger partial charge in [-0.2, -0.15) is 10.4 Å². The minimum Gasteiger partial charge on any atom is -0.306 e. The Morgan fingerprint density at radius 3 is 2.48 bits per heavy atom. The van der Waals surface area contributed by atoms with E-state index in [0.29, 0.717) is 5.82 Å². The van der Waals surface area contributed by atoms with Crippen molar-refractivity contribution >= 4 is 17.8 Å². The average molecular weight is 356 g/mol. The molecule has 0 saturated carbocycles. The first kappa shape index (κ1) is 18.2. The second kappa shape index (κ2) is 7.71. The summed E-state index contributed by atoms with van der Waals surface area (Å²) in [6.07, 6.45) is 1.59. The second-order valence-corrected chi connectivity index (χ2v) is 6.46. The molecule has 0 saturated heterocycles. The van der Waals surface area contributed by atoms with E-state index in [1.165, 1.54) is 0 Å². The third kappa shape index (κ3) is 4.31. The van der Waals surface area contributed by atoms with Crippen molar-refractivity contribution in [2.45, 2.75) is 20.8 Å². The molecule has 3 rings (SSSR count). The van der Waals surface area contributed by atoms with Gasteiger partial charge in [-0.05, 0) is 44.5 Å². The third-order valence-corrected chi connectivity index (χ3v) is 4.07. The van der Waals surface area contributed by atoms with Gasteiger partial charge in [0.1, 0.15) is 17.5 Å². The molecule has 3 aromatic rings. The summed E-state index contributed by atoms with van der Waals surface area (Å²) in [5.74, 6) is 0.0546. The number of hydrogen-bond donors (Lipinski definition) is 1. The van der Waals surface area contributed by atoms with Crippen LogP contribution in [0.5, 0.6) is 0 Å². The van der Waals surface area contributed by atoms with Gasteiger partial charge in [0.05, 0.1) is 11.4 Å². The number of nitriles is 1. The molecule has 134 valence electrons. The standard InChI is InChI=1S/C22H20N4O/c1-15-7-9-20(10-8-15)26-21(12-17(3)25-26)24-22(27)19(14-23)13-18-6-4-5-16(2)11-18/h4-13H,1-3H3,(H,24,27)/b19-13+. The summed E-state index contributed by atoms with van der Waals surface area (Å²) in [6, 6.07) is 19.2. The number of benzene rings is 2. The van der Waals surface area contributed by atoms with Gasteiger partial charge < -0.3 is 5.32 Å². The number of amides is 1. The van der Waals surface area contributed by atoms with Gasteiger partial charge in [-0.25, -0.2) is 4.68 Å². The first-order valence-corrected chi connectivity index (χ1v) is 8.60. The van der Waals surface area contributed by atoms with Gasteiger partial charge >= 0.3 is 0 Å². The number of nitrogens with zero attached hydrogens (tertiary/aromatic N) is 3. The van der Waals surface area contributed by atoms with Gasteiger partial charge in [0.15, 0.2) is 0 Å². The Hall–Kier alpha value is -3.65. The Kier molecular flexibility index (Phi) is 5.18. The molecule has 5 nitrogen and oxygen atoms in total. The molecule has 0 radical (unpaired) electrons. The monoisotopic (exact) mass is 356 g/mol. The van der Waals surface area contributed by atoms with Crippen LogP contribution < -0.4 is 5.32 Å². The SMILES string of the molecule is Cc1ccc(-n2nc(C)cc2NC(=O)/C(C#N)=C/c2cccc(C)c2)cc1. The van der Waals surface area contributed by atoms with Crippen molar-refractivity contribution in [2.75, 3.05) is 5.32 Å². The number of aromatic nitrogens is 2. The lowest BCUT2D eigenvalue weighted by atomic mass is 10.1. The molecule has 0 unspecified atom stereocenters. The van der Waals surface area contributed by atoms with Crippen LogP contribution in [0.4, 0.5) is 5.82 Å². The molecule has 0 aliphatic heterocycles. The molecule has 0 aliphatic carbocycles. The number of nitrogens with one attached hydrogen (secondary N) is 1. The van der Waals surface area contributed by atoms with Crippen molar-refractivity contribution < 1.29 is 4.79 Å². The van der Waals surface area contributed by atoms with Crippen LogP contribution in [-0.2, 0) is 4.79 Å². The summed E-state index contributed by atoms with van der Waals surface area (Å²) >= 11 is 0. The highest BCUT2D eigenvalue weighted by molar-refractivity contribution is 6.09. The van der Waals surface area contributed by atoms with Gasteiger partial charge in [0.25, 0.3) is 5.91 Å². The van der Waals surface area contributed by atoms with E-state index in [9.17, 15) is 10.1 Å². The molecular formula is C22H20N4O. The fourth-order valence-electron chi connectivity index (χ4n) is 2.73. The molecular weight excluding hydrogens is 336 g/mol. The lowest BCUT2D eigenvalue weighted by Crippen LogP contribution is -2.16. The topological polar surface area (TPSA) is 70.7 Å². The molecule has 0 atom stereocenters. The van der Waals surface area contributed by atoms with E-state index >= 15 is 0 Å². The molecule has 0 aliphatic rings. The predicted molar refractivity (Wildman–Crippen MR) is 106 cm³/mol. The van der Waals surface area contributed by atoms with E-state index < -0.39 is 5.91 Å². The van der Waals surface area contributed by atoms with E-state index in [2.05, 4.69) is 10.4 Å². The zero-order valence-corrected chi connectivity index (χ0v) is 15.5. The lowest BCUT2D eigenvalue weighted by Gasteiger charge is -2.09. The van der Waals surface area contributed by atoms with Crippen LogP contribution in [0.15, 0.2) is 60.2 Å². The van der Waals surface area contributed by atoms with Crippen LogP contribution in [0.1, 0.15) is 22.4 Å². The Morgan fingerprint density at radius 2 is 1.81 bits per heavy atom. The Labute approximate surface area is 158 Å². The highest BCUT2D eigenvalue weighted by Crippen LogP contribution is 2.19. The summed E-state index contributed by atoms with van der Waals surface area (Å²) in [4.78, 5) is 12.6. The van der Waals surface area contributed by atoms with Crippen molar-refractivity contribution in [1.82, 2.24) is 9.78 Å². The normalized spacial score (nSPS) is 11.1. The predicted octanol–water partition coefficient (Wildman–Crippen LogP) is 4.34. The van der Waals surface area contributed by atoms with Gasteiger partial charge in [0, 0.05) is 6.07 Å². The third-order valence-electron chi connectivity index (χ3n) is 4.07. The maximum absolute atomic E-state index is 12.6.